The number of ether oxygens (including phenoxy) is 2. The molecule has 0 aliphatic heterocycles. The summed E-state index contributed by atoms with van der Waals surface area (Å²) >= 11 is 0. The zero-order valence-electron chi connectivity index (χ0n) is 32.6. The summed E-state index contributed by atoms with van der Waals surface area (Å²) < 4.78 is 51.1. The largest absolute Gasteiger partial charge is 0.474 e. The van der Waals surface area contributed by atoms with Crippen LogP contribution in [0.4, 0.5) is 24.8 Å². The lowest BCUT2D eigenvalue weighted by Crippen LogP contribution is -2.26. The summed E-state index contributed by atoms with van der Waals surface area (Å²) in [6, 6.07) is 18.2. The van der Waals surface area contributed by atoms with Gasteiger partial charge in [0.2, 0.25) is 11.8 Å². The van der Waals surface area contributed by atoms with Gasteiger partial charge in [-0.3, -0.25) is 0 Å². The summed E-state index contributed by atoms with van der Waals surface area (Å²) in [6.07, 6.45) is 0.916. The van der Waals surface area contributed by atoms with Crippen molar-refractivity contribution < 1.29 is 27.8 Å². The van der Waals surface area contributed by atoms with Crippen molar-refractivity contribution in [3.8, 4) is 34.3 Å². The van der Waals surface area contributed by atoms with E-state index in [0.717, 1.165) is 40.3 Å². The maximum Gasteiger partial charge on any atom is 0.422 e. The molecule has 59 heavy (non-hydrogen) atoms. The second-order valence-corrected chi connectivity index (χ2v) is 15.5. The quantitative estimate of drug-likeness (QED) is 0.126. The highest BCUT2D eigenvalue weighted by Crippen LogP contribution is 2.35. The molecule has 1 aliphatic rings. The van der Waals surface area contributed by atoms with Crippen LogP contribution in [0.25, 0.3) is 66.4 Å². The van der Waals surface area contributed by atoms with E-state index in [9.17, 15) is 18.3 Å². The Kier molecular flexibility index (Phi) is 10.1. The van der Waals surface area contributed by atoms with Crippen molar-refractivity contribution in [3.05, 3.63) is 73.3 Å². The fourth-order valence-electron chi connectivity index (χ4n) is 6.58. The molecule has 0 saturated heterocycles. The van der Waals surface area contributed by atoms with E-state index in [0.29, 0.717) is 75.1 Å². The van der Waals surface area contributed by atoms with Crippen molar-refractivity contribution in [2.24, 2.45) is 5.92 Å². The average Bonchev–Trinajstić information content (AvgIpc) is 3.82. The molecule has 6 aromatic heterocycles. The van der Waals surface area contributed by atoms with Crippen LogP contribution in [0, 0.1) is 5.92 Å². The van der Waals surface area contributed by atoms with Crippen LogP contribution in [0.3, 0.4) is 0 Å². The normalized spacial score (nSPS) is 13.4. The topological polar surface area (TPSA) is 204 Å². The van der Waals surface area contributed by atoms with E-state index in [1.807, 2.05) is 41.1 Å². The first-order chi connectivity index (χ1) is 28.1. The van der Waals surface area contributed by atoms with Gasteiger partial charge >= 0.3 is 6.18 Å². The summed E-state index contributed by atoms with van der Waals surface area (Å²) in [5.74, 6) is 1.62. The number of aliphatic hydroxyl groups is 1. The first-order valence-corrected chi connectivity index (χ1v) is 18.9. The molecule has 2 aromatic carbocycles. The standard InChI is InChI=1S/C21H22N6O2.C20H19F3N6O/c1-21(2,28)10-27-20-17(19(22)23-11-24-20)18(26-27)13-3-7-15-12(9-13)4-8-16(25-15)29-14-5-6-14;1-11(2)8-29-19-16(18(24)25-10-26-19)17(28-29)13-3-5-14-12(7-13)4-6-15(27-14)30-9-20(21,22)23/h3-4,7-9,11,14,28H,5-6,10H2,1-2H3,(H2,22,23,24);3-7,10-11H,8-9H2,1-2H3,(H2,24,25,26). The molecule has 6 heterocycles. The molecule has 1 saturated carbocycles. The third-order valence-corrected chi connectivity index (χ3v) is 9.26. The Morgan fingerprint density at radius 1 is 0.746 bits per heavy atom. The van der Waals surface area contributed by atoms with Gasteiger partial charge in [-0.1, -0.05) is 26.0 Å². The molecule has 0 atom stereocenters. The highest BCUT2D eigenvalue weighted by Gasteiger charge is 2.29. The van der Waals surface area contributed by atoms with E-state index < -0.39 is 18.4 Å². The molecule has 1 aliphatic carbocycles. The Morgan fingerprint density at radius 3 is 1.80 bits per heavy atom. The molecule has 0 radical (unpaired) electrons. The second kappa shape index (κ2) is 15.2. The molecule has 5 N–H and O–H groups in total. The first-order valence-electron chi connectivity index (χ1n) is 18.9. The second-order valence-electron chi connectivity index (χ2n) is 15.5. The van der Waals surface area contributed by atoms with Gasteiger partial charge in [-0.2, -0.15) is 23.4 Å². The first kappa shape index (κ1) is 39.2. The number of benzene rings is 2. The van der Waals surface area contributed by atoms with Gasteiger partial charge in [0.25, 0.3) is 0 Å². The predicted octanol–water partition coefficient (Wildman–Crippen LogP) is 7.16. The maximum absolute atomic E-state index is 12.4. The molecule has 8 aromatic rings. The molecule has 0 unspecified atom stereocenters. The van der Waals surface area contributed by atoms with Crippen LogP contribution in [-0.2, 0) is 13.1 Å². The van der Waals surface area contributed by atoms with Gasteiger partial charge < -0.3 is 26.0 Å². The number of nitrogen functional groups attached to an aromatic ring is 2. The van der Waals surface area contributed by atoms with Crippen LogP contribution >= 0.6 is 0 Å². The Balaban J connectivity index is 0.000000164. The average molecular weight is 807 g/mol. The van der Waals surface area contributed by atoms with Crippen molar-refractivity contribution >= 4 is 55.5 Å². The summed E-state index contributed by atoms with van der Waals surface area (Å²) in [7, 11) is 0. The number of aromatic nitrogens is 10. The molecule has 15 nitrogen and oxygen atoms in total. The minimum Gasteiger partial charge on any atom is -0.474 e. The van der Waals surface area contributed by atoms with Crippen molar-refractivity contribution in [3.63, 3.8) is 0 Å². The number of nitrogens with zero attached hydrogens (tertiary/aromatic N) is 10. The lowest BCUT2D eigenvalue weighted by atomic mass is 10.1. The fraction of sp³-hybridized carbons (Fsp3) is 0.317. The van der Waals surface area contributed by atoms with Crippen LogP contribution in [0.2, 0.25) is 0 Å². The van der Waals surface area contributed by atoms with Gasteiger partial charge in [-0.15, -0.1) is 0 Å². The Morgan fingerprint density at radius 2 is 1.27 bits per heavy atom. The number of hydrogen-bond donors (Lipinski definition) is 3. The molecular formula is C41H41F3N12O3. The number of anilines is 2. The zero-order valence-corrected chi connectivity index (χ0v) is 32.6. The van der Waals surface area contributed by atoms with E-state index in [-0.39, 0.29) is 12.4 Å². The van der Waals surface area contributed by atoms with Gasteiger partial charge in [0, 0.05) is 40.6 Å². The molecule has 0 bridgehead atoms. The van der Waals surface area contributed by atoms with E-state index in [4.69, 9.17) is 31.1 Å². The van der Waals surface area contributed by atoms with Crippen molar-refractivity contribution in [2.75, 3.05) is 18.1 Å². The molecule has 9 rings (SSSR count). The van der Waals surface area contributed by atoms with Crippen LogP contribution < -0.4 is 20.9 Å². The van der Waals surface area contributed by atoms with Crippen LogP contribution in [0.1, 0.15) is 40.5 Å². The third kappa shape index (κ3) is 8.76. The molecule has 18 heteroatoms. The zero-order chi connectivity index (χ0) is 41.6. The lowest BCUT2D eigenvalue weighted by Gasteiger charge is -2.16. The van der Waals surface area contributed by atoms with E-state index in [2.05, 4.69) is 43.8 Å². The Bertz CT molecular complexity index is 2830. The number of rotatable bonds is 10. The van der Waals surface area contributed by atoms with Gasteiger partial charge in [0.05, 0.1) is 34.0 Å². The number of nitrogens with two attached hydrogens (primary N) is 2. The molecule has 0 amide bonds. The van der Waals surface area contributed by atoms with Crippen molar-refractivity contribution in [1.29, 1.82) is 0 Å². The van der Waals surface area contributed by atoms with Crippen molar-refractivity contribution in [2.45, 2.75) is 71.5 Å². The molecule has 304 valence electrons. The van der Waals surface area contributed by atoms with Gasteiger partial charge in [0.15, 0.2) is 17.9 Å². The monoisotopic (exact) mass is 806 g/mol. The van der Waals surface area contributed by atoms with E-state index >= 15 is 0 Å². The van der Waals surface area contributed by atoms with Crippen molar-refractivity contribution in [1.82, 2.24) is 49.5 Å². The van der Waals surface area contributed by atoms with Gasteiger partial charge in [-0.25, -0.2) is 39.3 Å². The van der Waals surface area contributed by atoms with Crippen LogP contribution in [0.15, 0.2) is 73.3 Å². The predicted molar refractivity (Wildman–Crippen MR) is 217 cm³/mol. The SMILES string of the molecule is CC(C)(O)Cn1nc(-c2ccc3nc(OC4CC4)ccc3c2)c2c(N)ncnc21.CC(C)Cn1nc(-c2ccc3nc(OCC(F)(F)F)ccc3c2)c2c(N)ncnc21. The smallest absolute Gasteiger partial charge is 0.422 e. The molecular weight excluding hydrogens is 766 g/mol. The number of pyridine rings is 2. The lowest BCUT2D eigenvalue weighted by molar-refractivity contribution is -0.154. The Hall–Kier alpha value is -6.69. The third-order valence-electron chi connectivity index (χ3n) is 9.26. The summed E-state index contributed by atoms with van der Waals surface area (Å²) in [5.41, 5.74) is 16.9. The summed E-state index contributed by atoms with van der Waals surface area (Å²) in [4.78, 5) is 25.7. The summed E-state index contributed by atoms with van der Waals surface area (Å²) in [6.45, 7) is 7.19. The highest BCUT2D eigenvalue weighted by atomic mass is 19.4. The van der Waals surface area contributed by atoms with Gasteiger partial charge in [-0.05, 0) is 69.0 Å². The van der Waals surface area contributed by atoms with Crippen LogP contribution in [0.5, 0.6) is 11.8 Å². The summed E-state index contributed by atoms with van der Waals surface area (Å²) in [5, 5.41) is 22.7. The Labute approximate surface area is 335 Å². The molecule has 1 fully saturated rings. The fourth-order valence-corrected chi connectivity index (χ4v) is 6.58. The number of alkyl halides is 3. The van der Waals surface area contributed by atoms with Crippen LogP contribution in [-0.4, -0.2) is 79.1 Å². The number of halogens is 3. The highest BCUT2D eigenvalue weighted by molar-refractivity contribution is 6.01. The number of hydrogen-bond acceptors (Lipinski definition) is 13. The number of fused-ring (bicyclic) bond motifs is 4. The minimum atomic E-state index is -4.42. The minimum absolute atomic E-state index is 0.0862. The molecule has 0 spiro atoms. The van der Waals surface area contributed by atoms with Gasteiger partial charge in [0.1, 0.15) is 41.8 Å². The van der Waals surface area contributed by atoms with E-state index in [1.165, 1.54) is 18.7 Å². The van der Waals surface area contributed by atoms with E-state index in [1.54, 1.807) is 36.7 Å². The maximum atomic E-state index is 12.4.